The van der Waals surface area contributed by atoms with Gasteiger partial charge in [-0.05, 0) is 0 Å². The molecule has 0 nitrogen and oxygen atoms in total. The number of rotatable bonds is 3. The molecule has 0 spiro atoms. The summed E-state index contributed by atoms with van der Waals surface area (Å²) in [4.78, 5) is 0. The van der Waals surface area contributed by atoms with Gasteiger partial charge in [0.25, 0.3) is 0 Å². The predicted octanol–water partition coefficient (Wildman–Crippen LogP) is 3.78. The van der Waals surface area contributed by atoms with E-state index >= 15 is 0 Å². The third-order valence-corrected chi connectivity index (χ3v) is 4.83. The van der Waals surface area contributed by atoms with Gasteiger partial charge in [0.05, 0.1) is 0 Å². The molecule has 2 heteroatoms. The van der Waals surface area contributed by atoms with E-state index in [0.29, 0.717) is 0 Å². The maximum absolute atomic E-state index is 3.70. The molecule has 1 aliphatic rings. The van der Waals surface area contributed by atoms with Gasteiger partial charge in [-0.3, -0.25) is 0 Å². The molecule has 0 heterocycles. The van der Waals surface area contributed by atoms with Crippen LogP contribution in [0.1, 0.15) is 37.7 Å². The number of hydrogen-bond donors (Lipinski definition) is 0. The Kier molecular flexibility index (Phi) is 4.49. The molecule has 0 radical (unpaired) electrons. The summed E-state index contributed by atoms with van der Waals surface area (Å²) in [6.07, 6.45) is 7.01. The van der Waals surface area contributed by atoms with E-state index in [1.54, 1.807) is 0 Å². The molecule has 0 atom stereocenters. The van der Waals surface area contributed by atoms with E-state index < -0.39 is 0 Å². The van der Waals surface area contributed by atoms with Crippen molar-refractivity contribution in [3.05, 3.63) is 35.9 Å². The van der Waals surface area contributed by atoms with Crippen LogP contribution in [0.4, 0.5) is 0 Å². The van der Waals surface area contributed by atoms with Crippen LogP contribution in [0.15, 0.2) is 30.3 Å². The second-order valence-corrected chi connectivity index (χ2v) is 6.30. The van der Waals surface area contributed by atoms with Gasteiger partial charge in [0, 0.05) is 0 Å². The molecule has 0 bridgehead atoms. The molecule has 0 unspecified atom stereocenters. The Morgan fingerprint density at radius 3 is 2.40 bits per heavy atom. The van der Waals surface area contributed by atoms with Gasteiger partial charge in [0.1, 0.15) is 0 Å². The van der Waals surface area contributed by atoms with E-state index in [4.69, 9.17) is 0 Å². The summed E-state index contributed by atoms with van der Waals surface area (Å²) < 4.78 is 1.30. The van der Waals surface area contributed by atoms with E-state index in [0.717, 1.165) is 5.25 Å². The van der Waals surface area contributed by atoms with Crippen molar-refractivity contribution in [2.45, 2.75) is 37.4 Å². The van der Waals surface area contributed by atoms with Crippen molar-refractivity contribution in [1.29, 1.82) is 0 Å². The van der Waals surface area contributed by atoms with Crippen LogP contribution >= 0.6 is 11.8 Å². The first-order valence-electron chi connectivity index (χ1n) is 5.61. The van der Waals surface area contributed by atoms with Gasteiger partial charge in [-0.1, -0.05) is 0 Å². The van der Waals surface area contributed by atoms with E-state index in [1.165, 1.54) is 41.4 Å². The quantitative estimate of drug-likeness (QED) is 0.744. The van der Waals surface area contributed by atoms with E-state index in [2.05, 4.69) is 45.9 Å². The van der Waals surface area contributed by atoms with E-state index in [9.17, 15) is 0 Å². The normalized spacial score (nSPS) is 17.6. The topological polar surface area (TPSA) is 0 Å². The second-order valence-electron chi connectivity index (χ2n) is 4.02. The molecule has 0 N–H and O–H groups in total. The van der Waals surface area contributed by atoms with Crippen molar-refractivity contribution in [3.8, 4) is 0 Å². The van der Waals surface area contributed by atoms with Crippen LogP contribution < -0.4 is 0 Å². The first-order valence-corrected chi connectivity index (χ1v) is 7.08. The van der Waals surface area contributed by atoms with Crippen LogP contribution in [-0.4, -0.2) is 9.00 Å². The van der Waals surface area contributed by atoms with Gasteiger partial charge in [0.2, 0.25) is 0 Å². The van der Waals surface area contributed by atoms with Gasteiger partial charge in [-0.25, -0.2) is 0 Å². The van der Waals surface area contributed by atoms with Crippen molar-refractivity contribution < 1.29 is 15.6 Å². The summed E-state index contributed by atoms with van der Waals surface area (Å²) in [5.41, 5.74) is 1.31. The van der Waals surface area contributed by atoms with Crippen molar-refractivity contribution >= 4 is 15.5 Å². The van der Waals surface area contributed by atoms with E-state index in [-0.39, 0.29) is 0 Å². The Morgan fingerprint density at radius 2 is 1.73 bits per heavy atom. The Balaban J connectivity index is 1.91. The number of hydrogen-bond acceptors (Lipinski definition) is 1. The summed E-state index contributed by atoms with van der Waals surface area (Å²) in [5, 5.41) is 0.827. The third-order valence-electron chi connectivity index (χ3n) is 2.82. The van der Waals surface area contributed by atoms with Crippen molar-refractivity contribution in [2.75, 3.05) is 0 Å². The Hall–Kier alpha value is -0.0405. The molecule has 15 heavy (non-hydrogen) atoms. The summed E-state index contributed by atoms with van der Waals surface area (Å²) in [7, 11) is 0. The molecule has 1 fully saturated rings. The van der Waals surface area contributed by atoms with Crippen LogP contribution in [-0.2, 0) is 15.6 Å². The molecule has 1 aliphatic carbocycles. The molecule has 0 saturated heterocycles. The minimum absolute atomic E-state index is 0.827. The zero-order valence-corrected chi connectivity index (χ0v) is 10.8. The first-order chi connectivity index (χ1) is 7.36. The van der Waals surface area contributed by atoms with Gasteiger partial charge in [0.15, 0.2) is 0 Å². The summed E-state index contributed by atoms with van der Waals surface area (Å²) in [5.74, 6) is 0. The van der Waals surface area contributed by atoms with Gasteiger partial charge < -0.3 is 0 Å². The van der Waals surface area contributed by atoms with Crippen LogP contribution in [0.25, 0.3) is 0 Å². The number of thioether (sulfide) groups is 1. The molecule has 1 saturated carbocycles. The molecule has 1 aromatic rings. The molecule has 0 aliphatic heterocycles. The van der Waals surface area contributed by atoms with Crippen LogP contribution in [0, 0.1) is 0 Å². The summed E-state index contributed by atoms with van der Waals surface area (Å²) >= 11 is 5.71. The Morgan fingerprint density at radius 1 is 1.07 bits per heavy atom. The van der Waals surface area contributed by atoms with Gasteiger partial charge in [-0.15, -0.1) is 0 Å². The molecule has 1 aromatic carbocycles. The van der Waals surface area contributed by atoms with Gasteiger partial charge in [-0.2, -0.15) is 0 Å². The monoisotopic (exact) mass is 259 g/mol. The number of benzene rings is 1. The standard InChI is InChI=1S/C13H16S.Mn/c1-3-7-12(8-4-1)11-14-13-9-5-2-6-10-13;/h1,3-4,7-8,13H,2,5-6,9-10H2;. The second kappa shape index (κ2) is 5.88. The average molecular weight is 259 g/mol. The van der Waals surface area contributed by atoms with Crippen LogP contribution in [0.5, 0.6) is 0 Å². The summed E-state index contributed by atoms with van der Waals surface area (Å²) in [6, 6.07) is 10.6. The molecule has 2 rings (SSSR count). The van der Waals surface area contributed by atoms with E-state index in [1.807, 2.05) is 11.8 Å². The van der Waals surface area contributed by atoms with Crippen LogP contribution in [0.2, 0.25) is 0 Å². The zero-order valence-electron chi connectivity index (χ0n) is 8.79. The van der Waals surface area contributed by atoms with Crippen molar-refractivity contribution in [1.82, 2.24) is 0 Å². The maximum atomic E-state index is 3.70. The van der Waals surface area contributed by atoms with Crippen molar-refractivity contribution in [3.63, 3.8) is 0 Å². The molecular formula is C13H16MnS. The fourth-order valence-corrected chi connectivity index (χ4v) is 3.89. The fraction of sp³-hybridized carbons (Fsp3) is 0.462. The Bertz CT molecular complexity index is 315. The molecule has 0 aromatic heterocycles. The molecule has 81 valence electrons. The predicted molar refractivity (Wildman–Crippen MR) is 65.0 cm³/mol. The first kappa shape index (κ1) is 11.4. The molecule has 0 amide bonds. The minimum atomic E-state index is 0.827. The van der Waals surface area contributed by atoms with Crippen molar-refractivity contribution in [2.24, 2.45) is 0 Å². The average Bonchev–Trinajstić information content (AvgIpc) is 2.31. The molecular weight excluding hydrogens is 243 g/mol. The zero-order chi connectivity index (χ0) is 10.5. The SMILES string of the molecule is [Mn]=[C](SC1CCCCC1)c1ccccc1. The fourth-order valence-electron chi connectivity index (χ4n) is 1.97. The van der Waals surface area contributed by atoms with Crippen LogP contribution in [0.3, 0.4) is 0 Å². The summed E-state index contributed by atoms with van der Waals surface area (Å²) in [6.45, 7) is 0. The Labute approximate surface area is 104 Å². The third kappa shape index (κ3) is 3.48. The van der Waals surface area contributed by atoms with Gasteiger partial charge >= 0.3 is 104 Å².